The van der Waals surface area contributed by atoms with Crippen LogP contribution in [0.25, 0.3) is 0 Å². The molecular weight excluding hydrogens is 198 g/mol. The molecule has 5 unspecified atom stereocenters. The lowest BCUT2D eigenvalue weighted by molar-refractivity contribution is 0.197. The monoisotopic (exact) mass is 213 g/mol. The van der Waals surface area contributed by atoms with Gasteiger partial charge in [-0.15, -0.1) is 0 Å². The van der Waals surface area contributed by atoms with Crippen molar-refractivity contribution in [2.24, 2.45) is 41.2 Å². The Morgan fingerprint density at radius 1 is 1.19 bits per heavy atom. The molecule has 5 rings (SSSR count). The van der Waals surface area contributed by atoms with Crippen LogP contribution in [0.15, 0.2) is 34.6 Å². The van der Waals surface area contributed by atoms with Crippen molar-refractivity contribution < 1.29 is 5.11 Å². The van der Waals surface area contributed by atoms with Gasteiger partial charge in [0, 0.05) is 12.5 Å². The molecule has 0 radical (unpaired) electrons. The molecule has 0 bridgehead atoms. The number of hydrogen-bond donors (Lipinski definition) is 2. The quantitative estimate of drug-likeness (QED) is 0.697. The van der Waals surface area contributed by atoms with E-state index in [-0.39, 0.29) is 0 Å². The van der Waals surface area contributed by atoms with Gasteiger partial charge in [0.15, 0.2) is 0 Å². The Bertz CT molecular complexity index is 513. The molecule has 0 amide bonds. The lowest BCUT2D eigenvalue weighted by Gasteiger charge is -2.34. The van der Waals surface area contributed by atoms with Crippen molar-refractivity contribution in [3.05, 3.63) is 34.6 Å². The molecule has 0 heterocycles. The molecule has 0 aromatic rings. The molecule has 0 aromatic carbocycles. The average molecular weight is 213 g/mol. The van der Waals surface area contributed by atoms with E-state index in [1.54, 1.807) is 5.57 Å². The molecule has 4 fully saturated rings. The Morgan fingerprint density at radius 3 is 2.88 bits per heavy atom. The first-order valence-corrected chi connectivity index (χ1v) is 6.37. The summed E-state index contributed by atoms with van der Waals surface area (Å²) in [6, 6.07) is 0. The molecule has 2 heteroatoms. The second-order valence-electron chi connectivity index (χ2n) is 6.03. The van der Waals surface area contributed by atoms with Crippen LogP contribution in [0.4, 0.5) is 0 Å². The second kappa shape index (κ2) is 2.17. The van der Waals surface area contributed by atoms with E-state index in [4.69, 9.17) is 5.73 Å². The number of nitrogens with two attached hydrogens (primary N) is 1. The van der Waals surface area contributed by atoms with Crippen molar-refractivity contribution in [2.45, 2.75) is 6.42 Å². The van der Waals surface area contributed by atoms with Gasteiger partial charge in [-0.25, -0.2) is 0 Å². The van der Waals surface area contributed by atoms with Crippen LogP contribution in [0.5, 0.6) is 0 Å². The third-order valence-electron chi connectivity index (χ3n) is 5.64. The SMILES string of the molecule is NCC1=C2C3C4CC4C3C3C(=C(O)C=C1)[C@@H]23. The van der Waals surface area contributed by atoms with Gasteiger partial charge in [-0.3, -0.25) is 0 Å². The van der Waals surface area contributed by atoms with Gasteiger partial charge in [-0.1, -0.05) is 11.6 Å². The minimum Gasteiger partial charge on any atom is -0.508 e. The smallest absolute Gasteiger partial charge is 0.115 e. The second-order valence-corrected chi connectivity index (χ2v) is 6.03. The summed E-state index contributed by atoms with van der Waals surface area (Å²) >= 11 is 0. The third kappa shape index (κ3) is 0.639. The number of aliphatic hydroxyl groups excluding tert-OH is 1. The lowest BCUT2D eigenvalue weighted by atomic mass is 9.70. The van der Waals surface area contributed by atoms with E-state index >= 15 is 0 Å². The van der Waals surface area contributed by atoms with E-state index in [2.05, 4.69) is 6.08 Å². The van der Waals surface area contributed by atoms with Crippen LogP contribution in [0.1, 0.15) is 6.42 Å². The van der Waals surface area contributed by atoms with E-state index in [1.807, 2.05) is 6.08 Å². The van der Waals surface area contributed by atoms with E-state index in [0.717, 1.165) is 23.7 Å². The number of aliphatic hydroxyl groups is 1. The number of fused-ring (bicyclic) bond motifs is 7. The first-order chi connectivity index (χ1) is 7.83. The number of hydrogen-bond acceptors (Lipinski definition) is 2. The van der Waals surface area contributed by atoms with Gasteiger partial charge in [0.05, 0.1) is 0 Å². The summed E-state index contributed by atoms with van der Waals surface area (Å²) in [5.74, 6) is 5.55. The Balaban J connectivity index is 1.75. The zero-order chi connectivity index (χ0) is 10.6. The van der Waals surface area contributed by atoms with E-state index in [1.165, 1.54) is 17.6 Å². The van der Waals surface area contributed by atoms with E-state index in [9.17, 15) is 5.11 Å². The average Bonchev–Trinajstić information content (AvgIpc) is 3.13. The summed E-state index contributed by atoms with van der Waals surface area (Å²) in [4.78, 5) is 0. The summed E-state index contributed by atoms with van der Waals surface area (Å²) in [6.45, 7) is 0.635. The molecule has 2 nitrogen and oxygen atoms in total. The molecule has 0 aromatic heterocycles. The highest BCUT2D eigenvalue weighted by Gasteiger charge is 2.76. The zero-order valence-electron chi connectivity index (χ0n) is 9.06. The molecule has 5 aliphatic rings. The fourth-order valence-corrected chi connectivity index (χ4v) is 5.01. The standard InChI is InChI=1S/C14H15NO/c15-4-5-1-2-8(16)12-13-9(5)10-6-3-7(6)11(10)14(12)13/h1-2,6-7,10-11,13-14,16H,3-4,15H2/t6?,7?,10?,11?,13-,14?/m1/s1. The van der Waals surface area contributed by atoms with Crippen molar-refractivity contribution in [1.29, 1.82) is 0 Å². The predicted molar refractivity (Wildman–Crippen MR) is 60.4 cm³/mol. The molecular formula is C14H15NO. The van der Waals surface area contributed by atoms with Crippen molar-refractivity contribution in [3.63, 3.8) is 0 Å². The molecule has 16 heavy (non-hydrogen) atoms. The van der Waals surface area contributed by atoms with Crippen molar-refractivity contribution in [2.75, 3.05) is 6.54 Å². The highest BCUT2D eigenvalue weighted by molar-refractivity contribution is 5.59. The summed E-state index contributed by atoms with van der Waals surface area (Å²) in [7, 11) is 0. The molecule has 6 atom stereocenters. The van der Waals surface area contributed by atoms with Gasteiger partial charge in [-0.2, -0.15) is 0 Å². The summed E-state index contributed by atoms with van der Waals surface area (Å²) in [5, 5.41) is 9.99. The minimum atomic E-state index is 0.540. The molecule has 4 saturated carbocycles. The molecule has 82 valence electrons. The van der Waals surface area contributed by atoms with Crippen LogP contribution in [-0.4, -0.2) is 11.7 Å². The van der Waals surface area contributed by atoms with Crippen molar-refractivity contribution in [3.8, 4) is 0 Å². The summed E-state index contributed by atoms with van der Waals surface area (Å²) in [6.07, 6.45) is 5.37. The molecule has 3 N–H and O–H groups in total. The molecule has 5 aliphatic carbocycles. The first kappa shape index (κ1) is 8.13. The zero-order valence-corrected chi connectivity index (χ0v) is 9.06. The predicted octanol–water partition coefficient (Wildman–Crippen LogP) is 1.77. The van der Waals surface area contributed by atoms with Gasteiger partial charge >= 0.3 is 0 Å². The highest BCUT2D eigenvalue weighted by atomic mass is 16.3. The Hall–Kier alpha value is -1.02. The maximum atomic E-state index is 9.99. The van der Waals surface area contributed by atoms with Gasteiger partial charge in [-0.05, 0) is 53.2 Å². The first-order valence-electron chi connectivity index (χ1n) is 6.37. The van der Waals surface area contributed by atoms with Crippen LogP contribution >= 0.6 is 0 Å². The highest BCUT2D eigenvalue weighted by Crippen LogP contribution is 2.82. The Kier molecular flexibility index (Phi) is 1.10. The number of allylic oxidation sites excluding steroid dienone is 3. The normalized spacial score (nSPS) is 54.1. The maximum Gasteiger partial charge on any atom is 0.115 e. The van der Waals surface area contributed by atoms with E-state index in [0.29, 0.717) is 24.1 Å². The Labute approximate surface area is 94.5 Å². The maximum absolute atomic E-state index is 9.99. The topological polar surface area (TPSA) is 46.2 Å². The fourth-order valence-electron chi connectivity index (χ4n) is 5.01. The number of rotatable bonds is 1. The van der Waals surface area contributed by atoms with Gasteiger partial charge in [0.1, 0.15) is 5.76 Å². The molecule has 0 spiro atoms. The Morgan fingerprint density at radius 2 is 2.06 bits per heavy atom. The van der Waals surface area contributed by atoms with E-state index < -0.39 is 0 Å². The van der Waals surface area contributed by atoms with Crippen LogP contribution in [0.2, 0.25) is 0 Å². The lowest BCUT2D eigenvalue weighted by Crippen LogP contribution is -2.30. The van der Waals surface area contributed by atoms with Crippen molar-refractivity contribution in [1.82, 2.24) is 0 Å². The summed E-state index contributed by atoms with van der Waals surface area (Å²) in [5.41, 5.74) is 10.1. The largest absolute Gasteiger partial charge is 0.508 e. The molecule has 0 aliphatic heterocycles. The van der Waals surface area contributed by atoms with Gasteiger partial charge in [0.25, 0.3) is 0 Å². The minimum absolute atomic E-state index is 0.540. The van der Waals surface area contributed by atoms with Crippen LogP contribution in [0, 0.1) is 35.5 Å². The van der Waals surface area contributed by atoms with Gasteiger partial charge in [0.2, 0.25) is 0 Å². The van der Waals surface area contributed by atoms with Gasteiger partial charge < -0.3 is 10.8 Å². The van der Waals surface area contributed by atoms with Crippen molar-refractivity contribution >= 4 is 0 Å². The van der Waals surface area contributed by atoms with Crippen LogP contribution in [-0.2, 0) is 0 Å². The van der Waals surface area contributed by atoms with Crippen LogP contribution < -0.4 is 5.73 Å². The fraction of sp³-hybridized carbons (Fsp3) is 0.571. The molecule has 0 saturated heterocycles. The summed E-state index contributed by atoms with van der Waals surface area (Å²) < 4.78 is 0. The third-order valence-corrected chi connectivity index (χ3v) is 5.64. The van der Waals surface area contributed by atoms with Crippen LogP contribution in [0.3, 0.4) is 0 Å².